The van der Waals surface area contributed by atoms with Crippen molar-refractivity contribution in [2.24, 2.45) is 0 Å². The van der Waals surface area contributed by atoms with Crippen LogP contribution in [0.25, 0.3) is 0 Å². The van der Waals surface area contributed by atoms with E-state index >= 15 is 0 Å². The van der Waals surface area contributed by atoms with Crippen LogP contribution in [0, 0.1) is 0 Å². The third-order valence-electron chi connectivity index (χ3n) is 2.89. The highest BCUT2D eigenvalue weighted by atomic mass is 35.5. The summed E-state index contributed by atoms with van der Waals surface area (Å²) in [7, 11) is 1.92. The number of hydrogen-bond acceptors (Lipinski definition) is 5. The largest absolute Gasteiger partial charge is 0.407 e. The average Bonchev–Trinajstić information content (AvgIpc) is 2.87. The fourth-order valence-electron chi connectivity index (χ4n) is 1.74. The summed E-state index contributed by atoms with van der Waals surface area (Å²) in [6.07, 6.45) is 0. The van der Waals surface area contributed by atoms with Gasteiger partial charge in [-0.15, -0.1) is 5.10 Å². The summed E-state index contributed by atoms with van der Waals surface area (Å²) in [4.78, 5) is 1.91. The molecule has 0 amide bonds. The van der Waals surface area contributed by atoms with Gasteiger partial charge in [-0.1, -0.05) is 28.8 Å². The van der Waals surface area contributed by atoms with E-state index < -0.39 is 0 Å². The van der Waals surface area contributed by atoms with E-state index in [1.807, 2.05) is 36.2 Å². The smallest absolute Gasteiger partial charge is 0.318 e. The van der Waals surface area contributed by atoms with E-state index in [-0.39, 0.29) is 5.54 Å². The van der Waals surface area contributed by atoms with Crippen LogP contribution in [0.5, 0.6) is 0 Å². The number of rotatable bonds is 5. The molecule has 6 heteroatoms. The molecule has 0 aliphatic rings. The molecule has 5 nitrogen and oxygen atoms in total. The van der Waals surface area contributed by atoms with Crippen LogP contribution in [-0.2, 0) is 13.1 Å². The predicted octanol–water partition coefficient (Wildman–Crippen LogP) is 3.25. The first-order valence-corrected chi connectivity index (χ1v) is 7.24. The predicted molar refractivity (Wildman–Crippen MR) is 84.4 cm³/mol. The number of nitrogens with zero attached hydrogens (tertiary/aromatic N) is 3. The number of benzene rings is 1. The molecule has 1 N–H and O–H groups in total. The normalized spacial score (nSPS) is 11.7. The zero-order valence-corrected chi connectivity index (χ0v) is 13.6. The maximum atomic E-state index is 5.88. The Morgan fingerprint density at radius 1 is 1.19 bits per heavy atom. The van der Waals surface area contributed by atoms with Gasteiger partial charge in [-0.2, -0.15) is 0 Å². The van der Waals surface area contributed by atoms with Gasteiger partial charge in [0.05, 0.1) is 6.54 Å². The highest BCUT2D eigenvalue weighted by Gasteiger charge is 2.14. The van der Waals surface area contributed by atoms with Gasteiger partial charge in [0.2, 0.25) is 5.89 Å². The minimum atomic E-state index is 0.0177. The van der Waals surface area contributed by atoms with Crippen molar-refractivity contribution in [3.63, 3.8) is 0 Å². The molecule has 2 rings (SSSR count). The zero-order valence-electron chi connectivity index (χ0n) is 12.9. The van der Waals surface area contributed by atoms with Gasteiger partial charge in [0.1, 0.15) is 0 Å². The molecule has 0 radical (unpaired) electrons. The molecule has 1 heterocycles. The van der Waals surface area contributed by atoms with E-state index in [1.165, 1.54) is 0 Å². The van der Waals surface area contributed by atoms with Crippen LogP contribution in [0.4, 0.5) is 6.01 Å². The first kappa shape index (κ1) is 15.8. The SMILES string of the molecule is CN(Cc1ccc(Cl)cc1)c1nnc(CNC(C)(C)C)o1. The van der Waals surface area contributed by atoms with E-state index in [1.54, 1.807) is 0 Å². The quantitative estimate of drug-likeness (QED) is 0.919. The van der Waals surface area contributed by atoms with Gasteiger partial charge in [0, 0.05) is 24.2 Å². The number of hydrogen-bond donors (Lipinski definition) is 1. The van der Waals surface area contributed by atoms with Gasteiger partial charge in [0.25, 0.3) is 0 Å². The summed E-state index contributed by atoms with van der Waals surface area (Å²) >= 11 is 5.88. The summed E-state index contributed by atoms with van der Waals surface area (Å²) in [6.45, 7) is 7.53. The molecule has 0 fully saturated rings. The first-order chi connectivity index (χ1) is 9.83. The second kappa shape index (κ2) is 6.45. The monoisotopic (exact) mass is 308 g/mol. The minimum Gasteiger partial charge on any atom is -0.407 e. The van der Waals surface area contributed by atoms with E-state index in [2.05, 4.69) is 36.3 Å². The molecule has 0 unspecified atom stereocenters. The number of aromatic nitrogens is 2. The van der Waals surface area contributed by atoms with Gasteiger partial charge in [-0.25, -0.2) is 0 Å². The van der Waals surface area contributed by atoms with Crippen molar-refractivity contribution in [1.29, 1.82) is 0 Å². The van der Waals surface area contributed by atoms with Crippen molar-refractivity contribution in [3.05, 3.63) is 40.7 Å². The Bertz CT molecular complexity index is 574. The lowest BCUT2D eigenvalue weighted by molar-refractivity contribution is 0.381. The highest BCUT2D eigenvalue weighted by molar-refractivity contribution is 6.30. The Hall–Kier alpha value is -1.59. The molecule has 1 aromatic carbocycles. The van der Waals surface area contributed by atoms with Gasteiger partial charge in [-0.3, -0.25) is 0 Å². The van der Waals surface area contributed by atoms with E-state index in [4.69, 9.17) is 16.0 Å². The summed E-state index contributed by atoms with van der Waals surface area (Å²) < 4.78 is 5.65. The molecule has 21 heavy (non-hydrogen) atoms. The molecule has 2 aromatic rings. The van der Waals surface area contributed by atoms with Crippen molar-refractivity contribution < 1.29 is 4.42 Å². The molecule has 0 saturated carbocycles. The van der Waals surface area contributed by atoms with Crippen LogP contribution >= 0.6 is 11.6 Å². The molecule has 114 valence electrons. The second-order valence-electron chi connectivity index (χ2n) is 6.06. The second-order valence-corrected chi connectivity index (χ2v) is 6.50. The summed E-state index contributed by atoms with van der Waals surface area (Å²) in [5, 5.41) is 12.2. The van der Waals surface area contributed by atoms with Gasteiger partial charge in [0.15, 0.2) is 0 Å². The Balaban J connectivity index is 1.95. The van der Waals surface area contributed by atoms with Crippen molar-refractivity contribution in [3.8, 4) is 0 Å². The maximum Gasteiger partial charge on any atom is 0.318 e. The number of anilines is 1. The average molecular weight is 309 g/mol. The Morgan fingerprint density at radius 3 is 2.48 bits per heavy atom. The van der Waals surface area contributed by atoms with Crippen molar-refractivity contribution in [2.45, 2.75) is 39.4 Å². The molecule has 0 atom stereocenters. The third kappa shape index (κ3) is 5.02. The number of halogens is 1. The van der Waals surface area contributed by atoms with Crippen LogP contribution in [0.1, 0.15) is 32.2 Å². The Kier molecular flexibility index (Phi) is 4.85. The van der Waals surface area contributed by atoms with Crippen molar-refractivity contribution in [1.82, 2.24) is 15.5 Å². The molecule has 0 aliphatic carbocycles. The molecule has 0 bridgehead atoms. The third-order valence-corrected chi connectivity index (χ3v) is 3.14. The lowest BCUT2D eigenvalue weighted by atomic mass is 10.1. The van der Waals surface area contributed by atoms with Crippen LogP contribution in [0.15, 0.2) is 28.7 Å². The van der Waals surface area contributed by atoms with Crippen LogP contribution in [-0.4, -0.2) is 22.8 Å². The van der Waals surface area contributed by atoms with Gasteiger partial charge in [-0.05, 0) is 38.5 Å². The fraction of sp³-hybridized carbons (Fsp3) is 0.467. The first-order valence-electron chi connectivity index (χ1n) is 6.86. The lowest BCUT2D eigenvalue weighted by Gasteiger charge is -2.18. The Labute approximate surface area is 130 Å². The van der Waals surface area contributed by atoms with Crippen LogP contribution in [0.2, 0.25) is 5.02 Å². The van der Waals surface area contributed by atoms with Crippen LogP contribution < -0.4 is 10.2 Å². The summed E-state index contributed by atoms with van der Waals surface area (Å²) in [5.41, 5.74) is 1.15. The number of nitrogens with one attached hydrogen (secondary N) is 1. The van der Waals surface area contributed by atoms with E-state index in [0.717, 1.165) is 10.6 Å². The van der Waals surface area contributed by atoms with Crippen molar-refractivity contribution in [2.75, 3.05) is 11.9 Å². The molecule has 0 aliphatic heterocycles. The molecular formula is C15H21ClN4O. The summed E-state index contributed by atoms with van der Waals surface area (Å²) in [6, 6.07) is 8.22. The minimum absolute atomic E-state index is 0.0177. The molecular weight excluding hydrogens is 288 g/mol. The molecule has 0 spiro atoms. The topological polar surface area (TPSA) is 54.2 Å². The van der Waals surface area contributed by atoms with Gasteiger partial charge >= 0.3 is 6.01 Å². The van der Waals surface area contributed by atoms with Crippen LogP contribution in [0.3, 0.4) is 0 Å². The molecule has 1 aromatic heterocycles. The zero-order chi connectivity index (χ0) is 15.5. The maximum absolute atomic E-state index is 5.88. The van der Waals surface area contributed by atoms with E-state index in [0.29, 0.717) is 25.0 Å². The molecule has 0 saturated heterocycles. The summed E-state index contributed by atoms with van der Waals surface area (Å²) in [5.74, 6) is 0.586. The Morgan fingerprint density at radius 2 is 1.86 bits per heavy atom. The highest BCUT2D eigenvalue weighted by Crippen LogP contribution is 2.16. The van der Waals surface area contributed by atoms with E-state index in [9.17, 15) is 0 Å². The lowest BCUT2D eigenvalue weighted by Crippen LogP contribution is -2.35. The van der Waals surface area contributed by atoms with Crippen molar-refractivity contribution >= 4 is 17.6 Å². The van der Waals surface area contributed by atoms with Gasteiger partial charge < -0.3 is 14.6 Å². The fourth-order valence-corrected chi connectivity index (χ4v) is 1.87. The standard InChI is InChI=1S/C15H21ClN4O/c1-15(2,3)17-9-13-18-19-14(21-13)20(4)10-11-5-7-12(16)8-6-11/h5-8,17H,9-10H2,1-4H3.